The first-order valence-corrected chi connectivity index (χ1v) is 6.63. The van der Waals surface area contributed by atoms with Crippen LogP contribution in [0.4, 0.5) is 5.69 Å². The summed E-state index contributed by atoms with van der Waals surface area (Å²) >= 11 is 0. The Morgan fingerprint density at radius 1 is 1.10 bits per heavy atom. The van der Waals surface area contributed by atoms with E-state index in [0.29, 0.717) is 11.3 Å². The number of hydrogen-bond donors (Lipinski definition) is 1. The van der Waals surface area contributed by atoms with Crippen LogP contribution in [0.1, 0.15) is 21.5 Å². The van der Waals surface area contributed by atoms with Gasteiger partial charge in [-0.2, -0.15) is 0 Å². The topological polar surface area (TPSA) is 55.4 Å². The molecule has 21 heavy (non-hydrogen) atoms. The molecule has 0 heterocycles. The van der Waals surface area contributed by atoms with Crippen molar-refractivity contribution >= 4 is 17.9 Å². The smallest absolute Gasteiger partial charge is 0.262 e. The minimum atomic E-state index is -0.224. The third kappa shape index (κ3) is 4.18. The summed E-state index contributed by atoms with van der Waals surface area (Å²) in [5, 5.41) is 2.78. The van der Waals surface area contributed by atoms with Crippen molar-refractivity contribution in [3.63, 3.8) is 0 Å². The van der Waals surface area contributed by atoms with Gasteiger partial charge in [0.25, 0.3) is 5.91 Å². The molecule has 0 saturated carbocycles. The molecular formula is C17H17NO3. The number of amides is 1. The van der Waals surface area contributed by atoms with Gasteiger partial charge in [-0.3, -0.25) is 9.59 Å². The average molecular weight is 283 g/mol. The lowest BCUT2D eigenvalue weighted by Gasteiger charge is -2.09. The third-order valence-corrected chi connectivity index (χ3v) is 3.18. The summed E-state index contributed by atoms with van der Waals surface area (Å²) in [4.78, 5) is 22.3. The number of nitrogens with one attached hydrogen (secondary N) is 1. The molecule has 0 radical (unpaired) electrons. The van der Waals surface area contributed by atoms with Crippen molar-refractivity contribution in [2.24, 2.45) is 0 Å². The van der Waals surface area contributed by atoms with E-state index in [4.69, 9.17) is 4.74 Å². The van der Waals surface area contributed by atoms with Crippen LogP contribution in [0.2, 0.25) is 0 Å². The lowest BCUT2D eigenvalue weighted by molar-refractivity contribution is -0.118. The van der Waals surface area contributed by atoms with E-state index in [-0.39, 0.29) is 12.5 Å². The molecule has 1 amide bonds. The van der Waals surface area contributed by atoms with Crippen LogP contribution in [0.15, 0.2) is 42.5 Å². The standard InChI is InChI=1S/C17H17NO3/c1-12-3-6-15(9-13(12)2)18-17(20)11-21-16-7-4-14(10-19)5-8-16/h3-10H,11H2,1-2H3,(H,18,20). The largest absolute Gasteiger partial charge is 0.484 e. The Morgan fingerprint density at radius 2 is 1.81 bits per heavy atom. The maximum Gasteiger partial charge on any atom is 0.262 e. The first kappa shape index (κ1) is 14.8. The molecule has 2 aromatic carbocycles. The van der Waals surface area contributed by atoms with E-state index in [2.05, 4.69) is 5.32 Å². The molecule has 0 fully saturated rings. The lowest BCUT2D eigenvalue weighted by atomic mass is 10.1. The van der Waals surface area contributed by atoms with Gasteiger partial charge in [0.15, 0.2) is 6.61 Å². The lowest BCUT2D eigenvalue weighted by Crippen LogP contribution is -2.20. The fourth-order valence-corrected chi connectivity index (χ4v) is 1.81. The number of benzene rings is 2. The predicted octanol–water partition coefficient (Wildman–Crippen LogP) is 3.13. The molecule has 0 unspecified atom stereocenters. The number of carbonyl (C=O) groups is 2. The molecule has 0 aromatic heterocycles. The van der Waals surface area contributed by atoms with Crippen LogP contribution in [0.3, 0.4) is 0 Å². The van der Waals surface area contributed by atoms with Crippen LogP contribution in [0.5, 0.6) is 5.75 Å². The van der Waals surface area contributed by atoms with Crippen molar-refractivity contribution in [2.75, 3.05) is 11.9 Å². The van der Waals surface area contributed by atoms with E-state index in [9.17, 15) is 9.59 Å². The molecule has 0 atom stereocenters. The molecule has 2 aromatic rings. The number of anilines is 1. The number of aldehydes is 1. The summed E-state index contributed by atoms with van der Waals surface area (Å²) in [5.74, 6) is 0.327. The molecule has 0 saturated heterocycles. The van der Waals surface area contributed by atoms with Crippen LogP contribution >= 0.6 is 0 Å². The molecule has 0 aliphatic heterocycles. The third-order valence-electron chi connectivity index (χ3n) is 3.18. The van der Waals surface area contributed by atoms with Gasteiger partial charge >= 0.3 is 0 Å². The second kappa shape index (κ2) is 6.70. The van der Waals surface area contributed by atoms with Crippen molar-refractivity contribution in [3.05, 3.63) is 59.2 Å². The Bertz CT molecular complexity index is 648. The van der Waals surface area contributed by atoms with Gasteiger partial charge in [-0.15, -0.1) is 0 Å². The van der Waals surface area contributed by atoms with Gasteiger partial charge in [0, 0.05) is 11.3 Å². The number of hydrogen-bond acceptors (Lipinski definition) is 3. The van der Waals surface area contributed by atoms with Crippen LogP contribution in [-0.4, -0.2) is 18.8 Å². The second-order valence-corrected chi connectivity index (χ2v) is 4.82. The number of rotatable bonds is 5. The molecule has 0 aliphatic rings. The van der Waals surface area contributed by atoms with E-state index in [1.165, 1.54) is 5.56 Å². The highest BCUT2D eigenvalue weighted by Gasteiger charge is 2.04. The number of ether oxygens (including phenoxy) is 1. The summed E-state index contributed by atoms with van der Waals surface area (Å²) < 4.78 is 5.37. The monoisotopic (exact) mass is 283 g/mol. The minimum absolute atomic E-state index is 0.0760. The van der Waals surface area contributed by atoms with Crippen molar-refractivity contribution in [2.45, 2.75) is 13.8 Å². The van der Waals surface area contributed by atoms with Gasteiger partial charge in [-0.1, -0.05) is 6.07 Å². The average Bonchev–Trinajstić information content (AvgIpc) is 2.49. The van der Waals surface area contributed by atoms with Crippen LogP contribution in [0, 0.1) is 13.8 Å². The summed E-state index contributed by atoms with van der Waals surface area (Å²) in [5.41, 5.74) is 3.63. The maximum atomic E-state index is 11.8. The zero-order chi connectivity index (χ0) is 15.2. The first-order chi connectivity index (χ1) is 10.1. The maximum absolute atomic E-state index is 11.8. The fourth-order valence-electron chi connectivity index (χ4n) is 1.81. The Labute approximate surface area is 123 Å². The normalized spacial score (nSPS) is 10.0. The SMILES string of the molecule is Cc1ccc(NC(=O)COc2ccc(C=O)cc2)cc1C. The van der Waals surface area contributed by atoms with Gasteiger partial charge in [-0.05, 0) is 61.4 Å². The molecule has 0 aliphatic carbocycles. The molecule has 4 nitrogen and oxygen atoms in total. The van der Waals surface area contributed by atoms with E-state index < -0.39 is 0 Å². The van der Waals surface area contributed by atoms with Gasteiger partial charge < -0.3 is 10.1 Å². The van der Waals surface area contributed by atoms with Crippen molar-refractivity contribution in [3.8, 4) is 5.75 Å². The van der Waals surface area contributed by atoms with Crippen molar-refractivity contribution in [1.29, 1.82) is 0 Å². The molecule has 108 valence electrons. The van der Waals surface area contributed by atoms with Gasteiger partial charge in [0.2, 0.25) is 0 Å². The molecule has 4 heteroatoms. The van der Waals surface area contributed by atoms with Crippen LogP contribution in [0.25, 0.3) is 0 Å². The van der Waals surface area contributed by atoms with E-state index in [1.807, 2.05) is 32.0 Å². The quantitative estimate of drug-likeness (QED) is 0.858. The Morgan fingerprint density at radius 3 is 2.43 bits per heavy atom. The van der Waals surface area contributed by atoms with Gasteiger partial charge in [0.05, 0.1) is 0 Å². The molecular weight excluding hydrogens is 266 g/mol. The highest BCUT2D eigenvalue weighted by Crippen LogP contribution is 2.14. The van der Waals surface area contributed by atoms with E-state index in [1.54, 1.807) is 24.3 Å². The minimum Gasteiger partial charge on any atom is -0.484 e. The highest BCUT2D eigenvalue weighted by molar-refractivity contribution is 5.92. The molecule has 1 N–H and O–H groups in total. The summed E-state index contributed by atoms with van der Waals surface area (Å²) in [6.45, 7) is 3.94. The summed E-state index contributed by atoms with van der Waals surface area (Å²) in [7, 11) is 0. The molecule has 0 spiro atoms. The summed E-state index contributed by atoms with van der Waals surface area (Å²) in [6, 6.07) is 12.3. The zero-order valence-electron chi connectivity index (χ0n) is 12.1. The van der Waals surface area contributed by atoms with Crippen molar-refractivity contribution < 1.29 is 14.3 Å². The Kier molecular flexibility index (Phi) is 4.72. The fraction of sp³-hybridized carbons (Fsp3) is 0.176. The Hall–Kier alpha value is -2.62. The highest BCUT2D eigenvalue weighted by atomic mass is 16.5. The second-order valence-electron chi connectivity index (χ2n) is 4.82. The zero-order valence-corrected chi connectivity index (χ0v) is 12.1. The number of aryl methyl sites for hydroxylation is 2. The van der Waals surface area contributed by atoms with E-state index in [0.717, 1.165) is 17.5 Å². The van der Waals surface area contributed by atoms with Gasteiger partial charge in [0.1, 0.15) is 12.0 Å². The first-order valence-electron chi connectivity index (χ1n) is 6.63. The van der Waals surface area contributed by atoms with Crippen LogP contribution < -0.4 is 10.1 Å². The predicted molar refractivity (Wildman–Crippen MR) is 81.9 cm³/mol. The molecule has 0 bridgehead atoms. The van der Waals surface area contributed by atoms with Crippen LogP contribution in [-0.2, 0) is 4.79 Å². The van der Waals surface area contributed by atoms with Crippen molar-refractivity contribution in [1.82, 2.24) is 0 Å². The molecule has 2 rings (SSSR count). The summed E-state index contributed by atoms with van der Waals surface area (Å²) in [6.07, 6.45) is 0.760. The number of carbonyl (C=O) groups excluding carboxylic acids is 2. The van der Waals surface area contributed by atoms with E-state index >= 15 is 0 Å². The van der Waals surface area contributed by atoms with Gasteiger partial charge in [-0.25, -0.2) is 0 Å². The Balaban J connectivity index is 1.89.